The molecule has 0 radical (unpaired) electrons. The average molecular weight is 413 g/mol. The Morgan fingerprint density at radius 3 is 2.86 bits per heavy atom. The number of para-hydroxylation sites is 2. The molecule has 0 aromatic heterocycles. The zero-order valence-corrected chi connectivity index (χ0v) is 17.7. The second-order valence-corrected chi connectivity index (χ2v) is 9.67. The summed E-state index contributed by atoms with van der Waals surface area (Å²) in [6.45, 7) is 4.81. The first-order valence-corrected chi connectivity index (χ1v) is 11.5. The lowest BCUT2D eigenvalue weighted by Gasteiger charge is -2.29. The summed E-state index contributed by atoms with van der Waals surface area (Å²) in [6.07, 6.45) is 0.793. The Morgan fingerprint density at radius 1 is 1.21 bits per heavy atom. The molecular formula is C22H24N2O2S2. The number of amides is 1. The fourth-order valence-electron chi connectivity index (χ4n) is 3.42. The van der Waals surface area contributed by atoms with Crippen LogP contribution < -0.4 is 10.1 Å². The Labute approximate surface area is 174 Å². The second-order valence-electron chi connectivity index (χ2n) is 7.31. The molecule has 1 amide bonds. The number of hydrogen-bond acceptors (Lipinski definition) is 5. The van der Waals surface area contributed by atoms with E-state index in [2.05, 4.69) is 25.2 Å². The summed E-state index contributed by atoms with van der Waals surface area (Å²) in [6, 6.07) is 16.2. The summed E-state index contributed by atoms with van der Waals surface area (Å²) in [5.41, 5.74) is 3.33. The highest BCUT2D eigenvalue weighted by molar-refractivity contribution is 8.39. The monoisotopic (exact) mass is 412 g/mol. The highest BCUT2D eigenvalue weighted by Crippen LogP contribution is 2.38. The summed E-state index contributed by atoms with van der Waals surface area (Å²) in [4.78, 5) is 17.9. The first-order valence-electron chi connectivity index (χ1n) is 9.60. The molecule has 0 saturated heterocycles. The lowest BCUT2D eigenvalue weighted by molar-refractivity contribution is -0.122. The number of thioether (sulfide) groups is 2. The van der Waals surface area contributed by atoms with E-state index in [9.17, 15) is 4.79 Å². The van der Waals surface area contributed by atoms with Gasteiger partial charge in [0.25, 0.3) is 0 Å². The molecule has 4 nitrogen and oxygen atoms in total. The molecule has 2 aliphatic rings. The quantitative estimate of drug-likeness (QED) is 0.738. The van der Waals surface area contributed by atoms with E-state index in [0.29, 0.717) is 6.61 Å². The van der Waals surface area contributed by atoms with Gasteiger partial charge < -0.3 is 10.1 Å². The predicted octanol–water partition coefficient (Wildman–Crippen LogP) is 5.32. The van der Waals surface area contributed by atoms with Crippen molar-refractivity contribution in [1.82, 2.24) is 5.32 Å². The third-order valence-corrected chi connectivity index (χ3v) is 7.66. The van der Waals surface area contributed by atoms with Crippen LogP contribution in [0.25, 0.3) is 0 Å². The first-order chi connectivity index (χ1) is 13.6. The summed E-state index contributed by atoms with van der Waals surface area (Å²) < 4.78 is 6.69. The van der Waals surface area contributed by atoms with E-state index in [0.717, 1.165) is 33.5 Å². The highest BCUT2D eigenvalue weighted by atomic mass is 32.2. The van der Waals surface area contributed by atoms with Crippen LogP contribution in [0.15, 0.2) is 53.5 Å². The summed E-state index contributed by atoms with van der Waals surface area (Å²) in [7, 11) is 0. The lowest BCUT2D eigenvalue weighted by Crippen LogP contribution is -2.40. The van der Waals surface area contributed by atoms with Gasteiger partial charge in [0, 0.05) is 17.7 Å². The van der Waals surface area contributed by atoms with Gasteiger partial charge >= 0.3 is 0 Å². The van der Waals surface area contributed by atoms with E-state index in [-0.39, 0.29) is 23.1 Å². The molecule has 2 heterocycles. The van der Waals surface area contributed by atoms with Gasteiger partial charge in [0.2, 0.25) is 5.91 Å². The van der Waals surface area contributed by atoms with Gasteiger partial charge in [-0.15, -0.1) is 0 Å². The van der Waals surface area contributed by atoms with Crippen LogP contribution in [0, 0.1) is 5.92 Å². The average Bonchev–Trinajstić information content (AvgIpc) is 2.72. The molecule has 0 spiro atoms. The van der Waals surface area contributed by atoms with Crippen molar-refractivity contribution in [1.29, 1.82) is 0 Å². The Hall–Kier alpha value is -1.92. The van der Waals surface area contributed by atoms with Crippen molar-refractivity contribution in [3.05, 3.63) is 59.7 Å². The molecule has 0 aliphatic carbocycles. The van der Waals surface area contributed by atoms with E-state index >= 15 is 0 Å². The van der Waals surface area contributed by atoms with Crippen molar-refractivity contribution in [3.63, 3.8) is 0 Å². The van der Waals surface area contributed by atoms with Crippen molar-refractivity contribution in [2.75, 3.05) is 6.61 Å². The van der Waals surface area contributed by atoms with Crippen LogP contribution >= 0.6 is 23.5 Å². The molecule has 28 heavy (non-hydrogen) atoms. The van der Waals surface area contributed by atoms with Gasteiger partial charge in [0.1, 0.15) is 10.1 Å². The minimum Gasteiger partial charge on any atom is -0.493 e. The molecule has 2 atom stereocenters. The maximum Gasteiger partial charge on any atom is 0.234 e. The minimum absolute atomic E-state index is 0.000902. The number of aliphatic imine (C=N–C) groups is 1. The molecule has 0 bridgehead atoms. The van der Waals surface area contributed by atoms with Gasteiger partial charge in [-0.2, -0.15) is 0 Å². The topological polar surface area (TPSA) is 50.7 Å². The van der Waals surface area contributed by atoms with E-state index in [4.69, 9.17) is 9.73 Å². The van der Waals surface area contributed by atoms with Gasteiger partial charge in [-0.25, -0.2) is 4.99 Å². The van der Waals surface area contributed by atoms with Crippen molar-refractivity contribution in [2.45, 2.75) is 37.3 Å². The number of nitrogens with one attached hydrogen (secondary N) is 1. The number of hydrogen-bond donors (Lipinski definition) is 1. The summed E-state index contributed by atoms with van der Waals surface area (Å²) >= 11 is 3.30. The third kappa shape index (κ3) is 4.23. The van der Waals surface area contributed by atoms with Gasteiger partial charge in [-0.05, 0) is 23.6 Å². The minimum atomic E-state index is -0.175. The number of carbonyl (C=O) groups excluding carboxylic acids is 1. The second kappa shape index (κ2) is 8.62. The Kier molecular flexibility index (Phi) is 5.97. The summed E-state index contributed by atoms with van der Waals surface area (Å²) in [5.74, 6) is 2.06. The Bertz CT molecular complexity index is 898. The van der Waals surface area contributed by atoms with Crippen LogP contribution in [0.2, 0.25) is 0 Å². The zero-order valence-electron chi connectivity index (χ0n) is 16.1. The van der Waals surface area contributed by atoms with Crippen LogP contribution in [0.1, 0.15) is 37.4 Å². The number of benzene rings is 2. The number of ether oxygens (including phenoxy) is 1. The largest absolute Gasteiger partial charge is 0.493 e. The van der Waals surface area contributed by atoms with Gasteiger partial charge in [-0.3, -0.25) is 4.79 Å². The molecule has 2 aromatic carbocycles. The smallest absolute Gasteiger partial charge is 0.234 e. The standard InChI is InChI=1S/C22H24N2O2S2/c1-14(2)20(28-22-24-17-9-5-3-7-15(17)13-27-22)21(25)23-18-11-12-26-19-10-6-4-8-16(18)19/h3-10,14,18,20H,11-13H2,1-2H3,(H,23,25)/t18-,20+/m1/s1. The Morgan fingerprint density at radius 2 is 2.00 bits per heavy atom. The van der Waals surface area contributed by atoms with Gasteiger partial charge in [-0.1, -0.05) is 73.8 Å². The number of fused-ring (bicyclic) bond motifs is 2. The van der Waals surface area contributed by atoms with Crippen LogP contribution in [-0.2, 0) is 10.5 Å². The maximum absolute atomic E-state index is 13.1. The fourth-order valence-corrected chi connectivity index (χ4v) is 5.68. The molecular weight excluding hydrogens is 388 g/mol. The predicted molar refractivity (Wildman–Crippen MR) is 118 cm³/mol. The van der Waals surface area contributed by atoms with Crippen LogP contribution in [0.5, 0.6) is 5.75 Å². The van der Waals surface area contributed by atoms with E-state index in [1.165, 1.54) is 5.56 Å². The molecule has 0 unspecified atom stereocenters. The van der Waals surface area contributed by atoms with Crippen LogP contribution in [-0.4, -0.2) is 22.1 Å². The van der Waals surface area contributed by atoms with Crippen molar-refractivity contribution in [2.24, 2.45) is 10.9 Å². The molecule has 0 saturated carbocycles. The van der Waals surface area contributed by atoms with Gasteiger partial charge in [0.15, 0.2) is 0 Å². The number of nitrogens with zero attached hydrogens (tertiary/aromatic N) is 1. The van der Waals surface area contributed by atoms with Crippen LogP contribution in [0.4, 0.5) is 5.69 Å². The third-order valence-electron chi connectivity index (χ3n) is 4.92. The molecule has 2 aliphatic heterocycles. The summed E-state index contributed by atoms with van der Waals surface area (Å²) in [5, 5.41) is 3.09. The first kappa shape index (κ1) is 19.4. The van der Waals surface area contributed by atoms with Crippen LogP contribution in [0.3, 0.4) is 0 Å². The normalized spacial score (nSPS) is 19.1. The lowest BCUT2D eigenvalue weighted by atomic mass is 10.00. The number of carbonyl (C=O) groups is 1. The van der Waals surface area contributed by atoms with Crippen molar-refractivity contribution < 1.29 is 9.53 Å². The van der Waals surface area contributed by atoms with E-state index < -0.39 is 0 Å². The molecule has 4 rings (SSSR count). The van der Waals surface area contributed by atoms with Gasteiger partial charge in [0.05, 0.1) is 23.6 Å². The molecule has 146 valence electrons. The van der Waals surface area contributed by atoms with E-state index in [1.807, 2.05) is 42.5 Å². The number of rotatable bonds is 4. The highest BCUT2D eigenvalue weighted by Gasteiger charge is 2.30. The van der Waals surface area contributed by atoms with Crippen molar-refractivity contribution in [3.8, 4) is 5.75 Å². The zero-order chi connectivity index (χ0) is 19.5. The fraction of sp³-hybridized carbons (Fsp3) is 0.364. The van der Waals surface area contributed by atoms with E-state index in [1.54, 1.807) is 23.5 Å². The molecule has 2 aromatic rings. The molecule has 6 heteroatoms. The van der Waals surface area contributed by atoms with Crippen molar-refractivity contribution >= 4 is 39.5 Å². The molecule has 1 N–H and O–H groups in total. The molecule has 0 fully saturated rings. The Balaban J connectivity index is 1.48. The maximum atomic E-state index is 13.1. The SMILES string of the molecule is CC(C)[C@H](SC1=Nc2ccccc2CS1)C(=O)N[C@@H]1CCOc2ccccc21.